The van der Waals surface area contributed by atoms with Crippen LogP contribution in [0.4, 0.5) is 0 Å². The van der Waals surface area contributed by atoms with E-state index >= 15 is 0 Å². The molecular formula is C19H26N4O2. The fourth-order valence-corrected chi connectivity index (χ4v) is 3.46. The summed E-state index contributed by atoms with van der Waals surface area (Å²) in [6, 6.07) is 3.97. The highest BCUT2D eigenvalue weighted by Crippen LogP contribution is 2.24. The molecule has 0 spiro atoms. The number of nitrogens with zero attached hydrogens (tertiary/aromatic N) is 4. The third-order valence-electron chi connectivity index (χ3n) is 4.81. The van der Waals surface area contributed by atoms with Crippen LogP contribution in [0.3, 0.4) is 0 Å². The topological polar surface area (TPSA) is 60.2 Å². The number of amides is 1. The van der Waals surface area contributed by atoms with Crippen LogP contribution in [0.2, 0.25) is 0 Å². The Morgan fingerprint density at radius 1 is 1.40 bits per heavy atom. The average molecular weight is 342 g/mol. The normalized spacial score (nSPS) is 17.7. The van der Waals surface area contributed by atoms with Crippen molar-refractivity contribution in [2.24, 2.45) is 5.92 Å². The molecule has 0 saturated carbocycles. The number of aromatic nitrogens is 3. The molecule has 25 heavy (non-hydrogen) atoms. The number of methoxy groups -OCH3 is 1. The molecule has 6 nitrogen and oxygen atoms in total. The number of rotatable bonds is 6. The third-order valence-corrected chi connectivity index (χ3v) is 4.81. The van der Waals surface area contributed by atoms with Gasteiger partial charge in [0.25, 0.3) is 0 Å². The zero-order chi connectivity index (χ0) is 17.6. The van der Waals surface area contributed by atoms with Crippen LogP contribution < -0.4 is 0 Å². The molecule has 1 saturated heterocycles. The Bertz CT molecular complexity index is 699. The first-order valence-corrected chi connectivity index (χ1v) is 8.88. The van der Waals surface area contributed by atoms with Gasteiger partial charge < -0.3 is 14.2 Å². The van der Waals surface area contributed by atoms with Gasteiger partial charge in [-0.15, -0.1) is 0 Å². The molecule has 1 aliphatic heterocycles. The van der Waals surface area contributed by atoms with E-state index < -0.39 is 0 Å². The van der Waals surface area contributed by atoms with Crippen molar-refractivity contribution in [2.75, 3.05) is 26.8 Å². The second-order valence-electron chi connectivity index (χ2n) is 6.67. The number of piperidine rings is 1. The molecule has 3 heterocycles. The summed E-state index contributed by atoms with van der Waals surface area (Å²) in [6.07, 6.45) is 8.19. The number of hydrogen-bond donors (Lipinski definition) is 0. The Morgan fingerprint density at radius 2 is 2.28 bits per heavy atom. The van der Waals surface area contributed by atoms with Crippen LogP contribution >= 0.6 is 0 Å². The highest BCUT2D eigenvalue weighted by Gasteiger charge is 2.25. The molecule has 134 valence electrons. The molecule has 0 radical (unpaired) electrons. The van der Waals surface area contributed by atoms with Crippen molar-refractivity contribution in [3.8, 4) is 11.4 Å². The lowest BCUT2D eigenvalue weighted by Gasteiger charge is -2.33. The number of carbonyl (C=O) groups is 1. The van der Waals surface area contributed by atoms with Gasteiger partial charge in [0.05, 0.1) is 13.0 Å². The van der Waals surface area contributed by atoms with E-state index in [1.165, 1.54) is 0 Å². The summed E-state index contributed by atoms with van der Waals surface area (Å²) in [5, 5.41) is 0. The minimum absolute atomic E-state index is 0.196. The fraction of sp³-hybridized carbons (Fsp3) is 0.526. The van der Waals surface area contributed by atoms with Crippen molar-refractivity contribution in [3.63, 3.8) is 0 Å². The van der Waals surface area contributed by atoms with Crippen molar-refractivity contribution in [3.05, 3.63) is 36.4 Å². The Kier molecular flexibility index (Phi) is 5.81. The number of carbonyl (C=O) groups excluding carboxylic acids is 1. The lowest BCUT2D eigenvalue weighted by Crippen LogP contribution is -2.41. The van der Waals surface area contributed by atoms with Gasteiger partial charge in [0, 0.05) is 56.6 Å². The second kappa shape index (κ2) is 8.25. The first-order chi connectivity index (χ1) is 12.2. The van der Waals surface area contributed by atoms with Crippen LogP contribution in [0.25, 0.3) is 11.4 Å². The molecule has 0 bridgehead atoms. The van der Waals surface area contributed by atoms with Crippen LogP contribution in [0.1, 0.15) is 25.0 Å². The summed E-state index contributed by atoms with van der Waals surface area (Å²) < 4.78 is 7.28. The first-order valence-electron chi connectivity index (χ1n) is 8.88. The largest absolute Gasteiger partial charge is 0.384 e. The third kappa shape index (κ3) is 4.25. The zero-order valence-corrected chi connectivity index (χ0v) is 15.0. The Labute approximate surface area is 148 Å². The minimum Gasteiger partial charge on any atom is -0.384 e. The number of pyridine rings is 1. The number of aryl methyl sites for hydroxylation is 1. The standard InChI is InChI=1S/C19H26N4O2/c1-15-11-21-19(17-6-3-8-20-12-17)23(15)14-16-5-4-9-22(13-16)18(24)7-10-25-2/h3,6,8,11-12,16H,4-5,7,9-10,13-14H2,1-2H3. The molecule has 6 heteroatoms. The van der Waals surface area contributed by atoms with E-state index in [-0.39, 0.29) is 5.91 Å². The fourth-order valence-electron chi connectivity index (χ4n) is 3.46. The molecule has 2 aromatic rings. The van der Waals surface area contributed by atoms with Crippen LogP contribution in [0.15, 0.2) is 30.7 Å². The van der Waals surface area contributed by atoms with Gasteiger partial charge in [0.1, 0.15) is 5.82 Å². The Hall–Kier alpha value is -2.21. The van der Waals surface area contributed by atoms with Gasteiger partial charge in [0.2, 0.25) is 5.91 Å². The molecule has 0 aliphatic carbocycles. The highest BCUT2D eigenvalue weighted by atomic mass is 16.5. The summed E-state index contributed by atoms with van der Waals surface area (Å²) in [5.41, 5.74) is 2.17. The molecule has 1 unspecified atom stereocenters. The van der Waals surface area contributed by atoms with Gasteiger partial charge in [-0.25, -0.2) is 4.98 Å². The second-order valence-corrected chi connectivity index (χ2v) is 6.67. The van der Waals surface area contributed by atoms with Crippen LogP contribution in [-0.4, -0.2) is 52.1 Å². The van der Waals surface area contributed by atoms with E-state index in [0.717, 1.165) is 49.6 Å². The lowest BCUT2D eigenvalue weighted by molar-refractivity contribution is -0.134. The van der Waals surface area contributed by atoms with E-state index in [4.69, 9.17) is 4.74 Å². The van der Waals surface area contributed by atoms with Gasteiger partial charge in [-0.2, -0.15) is 0 Å². The van der Waals surface area contributed by atoms with Crippen LogP contribution in [0, 0.1) is 12.8 Å². The number of ether oxygens (including phenoxy) is 1. The maximum atomic E-state index is 12.3. The van der Waals surface area contributed by atoms with Crippen molar-refractivity contribution < 1.29 is 9.53 Å². The smallest absolute Gasteiger partial charge is 0.224 e. The molecule has 1 fully saturated rings. The average Bonchev–Trinajstić information content (AvgIpc) is 3.01. The van der Waals surface area contributed by atoms with Gasteiger partial charge in [-0.05, 0) is 37.8 Å². The molecule has 3 rings (SSSR count). The minimum atomic E-state index is 0.196. The Balaban J connectivity index is 1.70. The molecule has 1 atom stereocenters. The van der Waals surface area contributed by atoms with E-state index in [2.05, 4.69) is 21.5 Å². The number of hydrogen-bond acceptors (Lipinski definition) is 4. The van der Waals surface area contributed by atoms with Crippen LogP contribution in [0.5, 0.6) is 0 Å². The summed E-state index contributed by atoms with van der Waals surface area (Å²) in [7, 11) is 1.63. The van der Waals surface area contributed by atoms with Gasteiger partial charge in [-0.3, -0.25) is 9.78 Å². The van der Waals surface area contributed by atoms with E-state index in [1.807, 2.05) is 29.4 Å². The highest BCUT2D eigenvalue weighted by molar-refractivity contribution is 5.76. The predicted molar refractivity (Wildman–Crippen MR) is 96.0 cm³/mol. The lowest BCUT2D eigenvalue weighted by atomic mass is 9.97. The number of likely N-dealkylation sites (tertiary alicyclic amines) is 1. The molecule has 0 aromatic carbocycles. The predicted octanol–water partition coefficient (Wildman–Crippen LogP) is 2.53. The van der Waals surface area contributed by atoms with E-state index in [0.29, 0.717) is 18.9 Å². The van der Waals surface area contributed by atoms with E-state index in [1.54, 1.807) is 13.3 Å². The quantitative estimate of drug-likeness (QED) is 0.809. The van der Waals surface area contributed by atoms with Crippen molar-refractivity contribution in [1.29, 1.82) is 0 Å². The summed E-state index contributed by atoms with van der Waals surface area (Å²) in [6.45, 7) is 5.12. The molecule has 0 N–H and O–H groups in total. The van der Waals surface area contributed by atoms with Gasteiger partial charge in [-0.1, -0.05) is 0 Å². The SMILES string of the molecule is COCCC(=O)N1CCCC(Cn2c(C)cnc2-c2cccnc2)C1. The summed E-state index contributed by atoms with van der Waals surface area (Å²) >= 11 is 0. The zero-order valence-electron chi connectivity index (χ0n) is 15.0. The van der Waals surface area contributed by atoms with Crippen molar-refractivity contribution >= 4 is 5.91 Å². The van der Waals surface area contributed by atoms with Crippen molar-refractivity contribution in [2.45, 2.75) is 32.7 Å². The van der Waals surface area contributed by atoms with Gasteiger partial charge in [0.15, 0.2) is 0 Å². The maximum Gasteiger partial charge on any atom is 0.224 e. The molecular weight excluding hydrogens is 316 g/mol. The maximum absolute atomic E-state index is 12.3. The van der Waals surface area contributed by atoms with E-state index in [9.17, 15) is 4.79 Å². The molecule has 1 aliphatic rings. The van der Waals surface area contributed by atoms with Crippen molar-refractivity contribution in [1.82, 2.24) is 19.4 Å². The van der Waals surface area contributed by atoms with Crippen LogP contribution in [-0.2, 0) is 16.1 Å². The first kappa shape index (κ1) is 17.6. The monoisotopic (exact) mass is 342 g/mol. The molecule has 2 aromatic heterocycles. The number of imidazole rings is 1. The molecule has 1 amide bonds. The van der Waals surface area contributed by atoms with Gasteiger partial charge >= 0.3 is 0 Å². The summed E-state index contributed by atoms with van der Waals surface area (Å²) in [4.78, 5) is 23.0. The summed E-state index contributed by atoms with van der Waals surface area (Å²) in [5.74, 6) is 1.60. The Morgan fingerprint density at radius 3 is 3.04 bits per heavy atom.